The molecule has 7 nitrogen and oxygen atoms in total. The van der Waals surface area contributed by atoms with E-state index in [4.69, 9.17) is 4.74 Å². The van der Waals surface area contributed by atoms with Crippen LogP contribution < -0.4 is 4.72 Å². The minimum atomic E-state index is -3.51. The van der Waals surface area contributed by atoms with E-state index in [0.717, 1.165) is 0 Å². The number of aliphatic hydroxyl groups excluding tert-OH is 1. The van der Waals surface area contributed by atoms with E-state index in [1.165, 1.54) is 7.11 Å². The highest BCUT2D eigenvalue weighted by Crippen LogP contribution is 1.95. The molecular formula is C10H21NO6S. The fourth-order valence-corrected chi connectivity index (χ4v) is 2.19. The molecule has 0 bridgehead atoms. The van der Waals surface area contributed by atoms with Crippen LogP contribution in [0.2, 0.25) is 0 Å². The second kappa shape index (κ2) is 9.26. The van der Waals surface area contributed by atoms with E-state index in [-0.39, 0.29) is 38.4 Å². The van der Waals surface area contributed by atoms with Gasteiger partial charge in [-0.15, -0.1) is 0 Å². The lowest BCUT2D eigenvalue weighted by atomic mass is 10.3. The van der Waals surface area contributed by atoms with Gasteiger partial charge in [0.2, 0.25) is 10.0 Å². The summed E-state index contributed by atoms with van der Waals surface area (Å²) in [6.45, 7) is 2.15. The molecule has 0 aromatic carbocycles. The maximum Gasteiger partial charge on any atom is 0.306 e. The minimum Gasteiger partial charge on any atom is -0.466 e. The summed E-state index contributed by atoms with van der Waals surface area (Å²) in [5.41, 5.74) is 0. The van der Waals surface area contributed by atoms with E-state index < -0.39 is 22.1 Å². The molecule has 0 spiro atoms. The Morgan fingerprint density at radius 3 is 2.67 bits per heavy atom. The Balaban J connectivity index is 3.84. The second-order valence-corrected chi connectivity index (χ2v) is 5.59. The van der Waals surface area contributed by atoms with E-state index >= 15 is 0 Å². The zero-order chi connectivity index (χ0) is 14.0. The number of rotatable bonds is 10. The first-order valence-electron chi connectivity index (χ1n) is 5.71. The number of methoxy groups -OCH3 is 1. The first kappa shape index (κ1) is 17.3. The summed E-state index contributed by atoms with van der Waals surface area (Å²) in [6, 6.07) is 0. The first-order chi connectivity index (χ1) is 8.41. The maximum absolute atomic E-state index is 11.4. The molecule has 0 aliphatic heterocycles. The molecule has 0 rings (SSSR count). The number of carbonyl (C=O) groups is 1. The molecule has 1 atom stereocenters. The van der Waals surface area contributed by atoms with Gasteiger partial charge >= 0.3 is 5.97 Å². The summed E-state index contributed by atoms with van der Waals surface area (Å²) in [7, 11) is -2.06. The molecule has 1 unspecified atom stereocenters. The third kappa shape index (κ3) is 9.34. The molecule has 2 N–H and O–H groups in total. The molecule has 18 heavy (non-hydrogen) atoms. The van der Waals surface area contributed by atoms with Crippen molar-refractivity contribution in [2.75, 3.05) is 32.6 Å². The number of nitrogens with one attached hydrogen (secondary N) is 1. The van der Waals surface area contributed by atoms with Crippen molar-refractivity contribution in [3.05, 3.63) is 0 Å². The zero-order valence-electron chi connectivity index (χ0n) is 10.7. The zero-order valence-corrected chi connectivity index (χ0v) is 11.5. The molecule has 108 valence electrons. The number of esters is 1. The van der Waals surface area contributed by atoms with Gasteiger partial charge in [-0.1, -0.05) is 0 Å². The van der Waals surface area contributed by atoms with Gasteiger partial charge in [-0.25, -0.2) is 13.1 Å². The van der Waals surface area contributed by atoms with Crippen LogP contribution in [0.4, 0.5) is 0 Å². The van der Waals surface area contributed by atoms with E-state index in [1.54, 1.807) is 6.92 Å². The number of hydrogen-bond donors (Lipinski definition) is 2. The van der Waals surface area contributed by atoms with E-state index in [2.05, 4.69) is 9.46 Å². The highest BCUT2D eigenvalue weighted by molar-refractivity contribution is 7.89. The van der Waals surface area contributed by atoms with Crippen molar-refractivity contribution in [1.29, 1.82) is 0 Å². The molecular weight excluding hydrogens is 262 g/mol. The predicted octanol–water partition coefficient (Wildman–Crippen LogP) is -0.744. The summed E-state index contributed by atoms with van der Waals surface area (Å²) in [5.74, 6) is -0.853. The van der Waals surface area contributed by atoms with Crippen LogP contribution in [0.5, 0.6) is 0 Å². The highest BCUT2D eigenvalue weighted by Gasteiger charge is 2.14. The van der Waals surface area contributed by atoms with Gasteiger partial charge in [0.05, 0.1) is 31.5 Å². The molecule has 0 amide bonds. The van der Waals surface area contributed by atoms with Crippen molar-refractivity contribution in [3.8, 4) is 0 Å². The average molecular weight is 283 g/mol. The SMILES string of the molecule is CCOC(=O)CCS(=O)(=O)NCCC(O)COC. The van der Waals surface area contributed by atoms with Gasteiger partial charge in [-0.2, -0.15) is 0 Å². The molecule has 0 aliphatic carbocycles. The third-order valence-electron chi connectivity index (χ3n) is 2.04. The largest absolute Gasteiger partial charge is 0.466 e. The number of hydrogen-bond acceptors (Lipinski definition) is 6. The first-order valence-corrected chi connectivity index (χ1v) is 7.36. The van der Waals surface area contributed by atoms with Crippen LogP contribution in [0.25, 0.3) is 0 Å². The lowest BCUT2D eigenvalue weighted by Gasteiger charge is -2.10. The van der Waals surface area contributed by atoms with Crippen LogP contribution in [-0.4, -0.2) is 58.2 Å². The van der Waals surface area contributed by atoms with Crippen molar-refractivity contribution < 1.29 is 27.8 Å². The maximum atomic E-state index is 11.4. The van der Waals surface area contributed by atoms with Crippen LogP contribution in [0.1, 0.15) is 19.8 Å². The van der Waals surface area contributed by atoms with Crippen molar-refractivity contribution in [1.82, 2.24) is 4.72 Å². The normalized spacial score (nSPS) is 13.3. The van der Waals surface area contributed by atoms with Crippen LogP contribution in [0.15, 0.2) is 0 Å². The summed E-state index contributed by atoms with van der Waals surface area (Å²) >= 11 is 0. The molecule has 0 aromatic rings. The molecule has 0 saturated carbocycles. The lowest BCUT2D eigenvalue weighted by molar-refractivity contribution is -0.142. The highest BCUT2D eigenvalue weighted by atomic mass is 32.2. The van der Waals surface area contributed by atoms with E-state index in [9.17, 15) is 18.3 Å². The Labute approximate surface area is 108 Å². The summed E-state index contributed by atoms with van der Waals surface area (Å²) < 4.78 is 34.5. The standard InChI is InChI=1S/C10H21NO6S/c1-3-17-10(13)5-7-18(14,15)11-6-4-9(12)8-16-2/h9,11-12H,3-8H2,1-2H3. The number of ether oxygens (including phenoxy) is 2. The molecule has 0 saturated heterocycles. The Hall–Kier alpha value is -0.700. The van der Waals surface area contributed by atoms with Crippen molar-refractivity contribution in [3.63, 3.8) is 0 Å². The predicted molar refractivity (Wildman–Crippen MR) is 65.5 cm³/mol. The quantitative estimate of drug-likeness (QED) is 0.512. The average Bonchev–Trinajstić information content (AvgIpc) is 2.27. The van der Waals surface area contributed by atoms with Crippen LogP contribution in [0.3, 0.4) is 0 Å². The second-order valence-electron chi connectivity index (χ2n) is 3.67. The van der Waals surface area contributed by atoms with Crippen molar-refractivity contribution in [2.24, 2.45) is 0 Å². The number of carbonyl (C=O) groups excluding carboxylic acids is 1. The van der Waals surface area contributed by atoms with Gasteiger partial charge in [-0.3, -0.25) is 4.79 Å². The van der Waals surface area contributed by atoms with E-state index in [1.807, 2.05) is 0 Å². The monoisotopic (exact) mass is 283 g/mol. The molecule has 8 heteroatoms. The number of sulfonamides is 1. The van der Waals surface area contributed by atoms with Gasteiger partial charge in [0, 0.05) is 13.7 Å². The lowest BCUT2D eigenvalue weighted by Crippen LogP contribution is -2.31. The van der Waals surface area contributed by atoms with Crippen LogP contribution >= 0.6 is 0 Å². The molecule has 0 fully saturated rings. The Kier molecular flexibility index (Phi) is 8.90. The fourth-order valence-electron chi connectivity index (χ4n) is 1.18. The molecule has 0 radical (unpaired) electrons. The van der Waals surface area contributed by atoms with Crippen molar-refractivity contribution >= 4 is 16.0 Å². The van der Waals surface area contributed by atoms with Crippen LogP contribution in [0, 0.1) is 0 Å². The fraction of sp³-hybridized carbons (Fsp3) is 0.900. The van der Waals surface area contributed by atoms with E-state index in [0.29, 0.717) is 0 Å². The molecule has 0 aromatic heterocycles. The Morgan fingerprint density at radius 1 is 1.44 bits per heavy atom. The third-order valence-corrected chi connectivity index (χ3v) is 3.42. The smallest absolute Gasteiger partial charge is 0.306 e. The topological polar surface area (TPSA) is 102 Å². The van der Waals surface area contributed by atoms with Crippen molar-refractivity contribution in [2.45, 2.75) is 25.9 Å². The van der Waals surface area contributed by atoms with Crippen LogP contribution in [-0.2, 0) is 24.3 Å². The summed E-state index contributed by atoms with van der Waals surface area (Å²) in [5, 5.41) is 9.30. The summed E-state index contributed by atoms with van der Waals surface area (Å²) in [6.07, 6.45) is -0.626. The van der Waals surface area contributed by atoms with Gasteiger partial charge in [0.25, 0.3) is 0 Å². The number of aliphatic hydroxyl groups is 1. The van der Waals surface area contributed by atoms with Gasteiger partial charge in [-0.05, 0) is 13.3 Å². The minimum absolute atomic E-state index is 0.107. The molecule has 0 aliphatic rings. The molecule has 0 heterocycles. The Bertz CT molecular complexity index is 329. The van der Waals surface area contributed by atoms with Gasteiger partial charge in [0.15, 0.2) is 0 Å². The van der Waals surface area contributed by atoms with Gasteiger partial charge in [0.1, 0.15) is 0 Å². The Morgan fingerprint density at radius 2 is 2.11 bits per heavy atom. The summed E-state index contributed by atoms with van der Waals surface area (Å²) in [4.78, 5) is 11.0. The van der Waals surface area contributed by atoms with Gasteiger partial charge < -0.3 is 14.6 Å².